The number of methoxy groups -OCH3 is 1. The van der Waals surface area contributed by atoms with Crippen molar-refractivity contribution < 1.29 is 17.9 Å². The number of rotatable bonds is 4. The van der Waals surface area contributed by atoms with Crippen molar-refractivity contribution in [2.75, 3.05) is 46.4 Å². The first-order valence-electron chi connectivity index (χ1n) is 8.66. The van der Waals surface area contributed by atoms with E-state index in [1.165, 1.54) is 4.31 Å². The lowest BCUT2D eigenvalue weighted by Crippen LogP contribution is -2.52. The first-order valence-corrected chi connectivity index (χ1v) is 10.1. The minimum Gasteiger partial charge on any atom is -0.497 e. The summed E-state index contributed by atoms with van der Waals surface area (Å²) in [6.07, 6.45) is 1.73. The summed E-state index contributed by atoms with van der Waals surface area (Å²) in [5.74, 6) is 0.866. The third-order valence-corrected chi connectivity index (χ3v) is 6.85. The lowest BCUT2D eigenvalue weighted by Gasteiger charge is -2.36. The van der Waals surface area contributed by atoms with Gasteiger partial charge in [0.05, 0.1) is 12.0 Å². The Bertz CT molecular complexity index is 697. The number of hydrogen-bond donors (Lipinski definition) is 1. The van der Waals surface area contributed by atoms with Crippen molar-refractivity contribution in [2.24, 2.45) is 5.92 Å². The number of piperazine rings is 1. The minimum absolute atomic E-state index is 0. The van der Waals surface area contributed by atoms with Crippen LogP contribution in [0, 0.1) is 5.92 Å². The predicted molar refractivity (Wildman–Crippen MR) is 101 cm³/mol. The van der Waals surface area contributed by atoms with Crippen LogP contribution in [0.1, 0.15) is 12.8 Å². The molecule has 2 aliphatic heterocycles. The highest BCUT2D eigenvalue weighted by Crippen LogP contribution is 2.22. The van der Waals surface area contributed by atoms with Crippen LogP contribution >= 0.6 is 12.4 Å². The summed E-state index contributed by atoms with van der Waals surface area (Å²) in [4.78, 5) is 14.6. The normalized spacial score (nSPS) is 19.7. The van der Waals surface area contributed by atoms with Crippen molar-refractivity contribution in [3.8, 4) is 5.75 Å². The molecule has 1 amide bonds. The first kappa shape index (κ1) is 21.0. The van der Waals surface area contributed by atoms with Crippen molar-refractivity contribution >= 4 is 28.3 Å². The Labute approximate surface area is 161 Å². The van der Waals surface area contributed by atoms with Gasteiger partial charge >= 0.3 is 0 Å². The maximum Gasteiger partial charge on any atom is 0.243 e. The summed E-state index contributed by atoms with van der Waals surface area (Å²) in [6, 6.07) is 6.40. The van der Waals surface area contributed by atoms with E-state index in [2.05, 4.69) is 5.32 Å². The van der Waals surface area contributed by atoms with Gasteiger partial charge in [-0.25, -0.2) is 8.42 Å². The number of benzene rings is 1. The molecule has 0 saturated carbocycles. The second-order valence-corrected chi connectivity index (χ2v) is 8.37. The monoisotopic (exact) mass is 403 g/mol. The highest BCUT2D eigenvalue weighted by molar-refractivity contribution is 7.89. The molecule has 9 heteroatoms. The molecule has 0 aromatic heterocycles. The molecule has 2 saturated heterocycles. The maximum atomic E-state index is 12.7. The van der Waals surface area contributed by atoms with Crippen molar-refractivity contribution in [1.82, 2.24) is 14.5 Å². The van der Waals surface area contributed by atoms with Crippen molar-refractivity contribution in [3.05, 3.63) is 24.3 Å². The second kappa shape index (κ2) is 9.03. The zero-order valence-corrected chi connectivity index (χ0v) is 16.5. The summed E-state index contributed by atoms with van der Waals surface area (Å²) in [5, 5.41) is 3.26. The Morgan fingerprint density at radius 1 is 1.08 bits per heavy atom. The molecule has 0 aliphatic carbocycles. The summed E-state index contributed by atoms with van der Waals surface area (Å²) >= 11 is 0. The molecule has 2 fully saturated rings. The zero-order valence-electron chi connectivity index (χ0n) is 14.9. The van der Waals surface area contributed by atoms with Crippen LogP contribution in [-0.4, -0.2) is 69.9 Å². The van der Waals surface area contributed by atoms with Gasteiger partial charge < -0.3 is 15.0 Å². The lowest BCUT2D eigenvalue weighted by atomic mass is 9.96. The third-order valence-electron chi connectivity index (χ3n) is 4.94. The zero-order chi connectivity index (χ0) is 17.9. The lowest BCUT2D eigenvalue weighted by molar-refractivity contribution is -0.137. The van der Waals surface area contributed by atoms with Gasteiger partial charge in [0.2, 0.25) is 15.9 Å². The van der Waals surface area contributed by atoms with Crippen LogP contribution in [0.15, 0.2) is 29.2 Å². The number of piperidine rings is 1. The molecule has 2 heterocycles. The number of ether oxygens (including phenoxy) is 1. The molecular formula is C17H26ClN3O4S. The molecular weight excluding hydrogens is 378 g/mol. The number of carbonyl (C=O) groups is 1. The van der Waals surface area contributed by atoms with E-state index >= 15 is 0 Å². The Kier molecular flexibility index (Phi) is 7.28. The van der Waals surface area contributed by atoms with Crippen LogP contribution in [0.2, 0.25) is 0 Å². The fourth-order valence-electron chi connectivity index (χ4n) is 3.37. The van der Waals surface area contributed by atoms with E-state index in [0.717, 1.165) is 25.9 Å². The summed E-state index contributed by atoms with van der Waals surface area (Å²) in [7, 11) is -1.99. The van der Waals surface area contributed by atoms with Crippen molar-refractivity contribution in [3.63, 3.8) is 0 Å². The molecule has 26 heavy (non-hydrogen) atoms. The Hall–Kier alpha value is -1.35. The number of nitrogens with one attached hydrogen (secondary N) is 1. The highest BCUT2D eigenvalue weighted by Gasteiger charge is 2.32. The van der Waals surface area contributed by atoms with Crippen LogP contribution in [0.25, 0.3) is 0 Å². The molecule has 1 aromatic carbocycles. The van der Waals surface area contributed by atoms with Crippen LogP contribution in [0.4, 0.5) is 0 Å². The molecule has 2 aliphatic rings. The maximum absolute atomic E-state index is 12.7. The SMILES string of the molecule is COc1ccc(S(=O)(=O)N2CCN(C(=O)C3CCNCC3)CC2)cc1.Cl. The summed E-state index contributed by atoms with van der Waals surface area (Å²) in [6.45, 7) is 3.34. The average Bonchev–Trinajstić information content (AvgIpc) is 2.68. The number of hydrogen-bond acceptors (Lipinski definition) is 5. The summed E-state index contributed by atoms with van der Waals surface area (Å²) < 4.78 is 32.0. The molecule has 0 bridgehead atoms. The van der Waals surface area contributed by atoms with Crippen LogP contribution in [0.5, 0.6) is 5.75 Å². The van der Waals surface area contributed by atoms with Crippen molar-refractivity contribution in [1.29, 1.82) is 0 Å². The van der Waals surface area contributed by atoms with Crippen LogP contribution in [0.3, 0.4) is 0 Å². The van der Waals surface area contributed by atoms with Crippen molar-refractivity contribution in [2.45, 2.75) is 17.7 Å². The second-order valence-electron chi connectivity index (χ2n) is 6.43. The highest BCUT2D eigenvalue weighted by atomic mass is 35.5. The quantitative estimate of drug-likeness (QED) is 0.809. The van der Waals surface area contributed by atoms with E-state index in [9.17, 15) is 13.2 Å². The molecule has 1 aromatic rings. The van der Waals surface area contributed by atoms with Gasteiger partial charge in [0.25, 0.3) is 0 Å². The Morgan fingerprint density at radius 2 is 1.65 bits per heavy atom. The van der Waals surface area contributed by atoms with Crippen LogP contribution < -0.4 is 10.1 Å². The number of amides is 1. The molecule has 7 nitrogen and oxygen atoms in total. The molecule has 0 atom stereocenters. The van der Waals surface area contributed by atoms with E-state index < -0.39 is 10.0 Å². The van der Waals surface area contributed by atoms with Gasteiger partial charge in [-0.15, -0.1) is 12.4 Å². The van der Waals surface area contributed by atoms with E-state index in [4.69, 9.17) is 4.74 Å². The van der Waals surface area contributed by atoms with E-state index in [0.29, 0.717) is 31.9 Å². The standard InChI is InChI=1S/C17H25N3O4S.ClH/c1-24-15-2-4-16(5-3-15)25(22,23)20-12-10-19(11-13-20)17(21)14-6-8-18-9-7-14;/h2-5,14,18H,6-13H2,1H3;1H. The number of nitrogens with zero attached hydrogens (tertiary/aromatic N) is 2. The Balaban J connectivity index is 0.00000243. The third kappa shape index (κ3) is 4.49. The smallest absolute Gasteiger partial charge is 0.243 e. The minimum atomic E-state index is -3.53. The summed E-state index contributed by atoms with van der Waals surface area (Å²) in [5.41, 5.74) is 0. The number of halogens is 1. The van der Waals surface area contributed by atoms with Gasteiger partial charge in [0.15, 0.2) is 0 Å². The molecule has 146 valence electrons. The Morgan fingerprint density at radius 3 is 2.19 bits per heavy atom. The molecule has 0 radical (unpaired) electrons. The van der Waals surface area contributed by atoms with Gasteiger partial charge in [-0.2, -0.15) is 4.31 Å². The predicted octanol–water partition coefficient (Wildman–Crippen LogP) is 0.949. The number of carbonyl (C=O) groups excluding carboxylic acids is 1. The van der Waals surface area contributed by atoms with Gasteiger partial charge in [-0.3, -0.25) is 4.79 Å². The van der Waals surface area contributed by atoms with Gasteiger partial charge in [0.1, 0.15) is 5.75 Å². The van der Waals surface area contributed by atoms with Gasteiger partial charge in [-0.1, -0.05) is 0 Å². The van der Waals surface area contributed by atoms with E-state index in [1.807, 2.05) is 4.90 Å². The topological polar surface area (TPSA) is 79.0 Å². The fraction of sp³-hybridized carbons (Fsp3) is 0.588. The first-order chi connectivity index (χ1) is 12.0. The molecule has 1 N–H and O–H groups in total. The van der Waals surface area contributed by atoms with Gasteiger partial charge in [-0.05, 0) is 50.2 Å². The van der Waals surface area contributed by atoms with Gasteiger partial charge in [0, 0.05) is 32.1 Å². The van der Waals surface area contributed by atoms with E-state index in [-0.39, 0.29) is 29.1 Å². The molecule has 3 rings (SSSR count). The number of sulfonamides is 1. The molecule has 0 unspecified atom stereocenters. The average molecular weight is 404 g/mol. The largest absolute Gasteiger partial charge is 0.497 e. The molecule has 0 spiro atoms. The van der Waals surface area contributed by atoms with Crippen LogP contribution in [-0.2, 0) is 14.8 Å². The fourth-order valence-corrected chi connectivity index (χ4v) is 4.79. The van der Waals surface area contributed by atoms with E-state index in [1.54, 1.807) is 31.4 Å².